The van der Waals surface area contributed by atoms with Crippen LogP contribution in [0.25, 0.3) is 0 Å². The minimum absolute atomic E-state index is 0.00416. The largest absolute Gasteiger partial charge is 0.462 e. The highest BCUT2D eigenvalue weighted by molar-refractivity contribution is 5.76. The maximum absolute atomic E-state index is 13.1. The molecule has 0 amide bonds. The van der Waals surface area contributed by atoms with Gasteiger partial charge in [-0.3, -0.25) is 9.69 Å². The Morgan fingerprint density at radius 2 is 2.06 bits per heavy atom. The molecule has 174 valence electrons. The molecule has 5 aliphatic rings. The van der Waals surface area contributed by atoms with Gasteiger partial charge >= 0.3 is 5.97 Å². The van der Waals surface area contributed by atoms with Crippen LogP contribution in [0.4, 0.5) is 5.69 Å². The van der Waals surface area contributed by atoms with Crippen LogP contribution in [-0.2, 0) is 14.3 Å². The third-order valence-electron chi connectivity index (χ3n) is 9.69. The highest BCUT2D eigenvalue weighted by Gasteiger charge is 2.78. The van der Waals surface area contributed by atoms with Crippen molar-refractivity contribution in [2.45, 2.75) is 77.2 Å². The van der Waals surface area contributed by atoms with Crippen molar-refractivity contribution in [3.8, 4) is 0 Å². The van der Waals surface area contributed by atoms with Crippen molar-refractivity contribution in [1.82, 2.24) is 4.90 Å². The first-order valence-corrected chi connectivity index (χ1v) is 12.8. The summed E-state index contributed by atoms with van der Waals surface area (Å²) in [6.07, 6.45) is 4.98. The van der Waals surface area contributed by atoms with E-state index in [1.165, 1.54) is 30.5 Å². The third-order valence-corrected chi connectivity index (χ3v) is 9.69. The molecule has 0 radical (unpaired) electrons. The van der Waals surface area contributed by atoms with Crippen LogP contribution >= 0.6 is 0 Å². The number of anilines is 1. The average Bonchev–Trinajstić information content (AvgIpc) is 3.43. The lowest BCUT2D eigenvalue weighted by Crippen LogP contribution is -2.56. The van der Waals surface area contributed by atoms with E-state index in [9.17, 15) is 4.79 Å². The van der Waals surface area contributed by atoms with E-state index in [-0.39, 0.29) is 41.0 Å². The molecule has 1 spiro atoms. The lowest BCUT2D eigenvalue weighted by atomic mass is 9.53. The Bertz CT molecular complexity index is 920. The molecule has 5 nitrogen and oxygen atoms in total. The van der Waals surface area contributed by atoms with Gasteiger partial charge in [0.2, 0.25) is 0 Å². The quantitative estimate of drug-likeness (QED) is 0.527. The van der Waals surface area contributed by atoms with E-state index in [4.69, 9.17) is 9.47 Å². The lowest BCUT2D eigenvalue weighted by molar-refractivity contribution is -0.146. The standard InChI is InChI=1S/C27H38N2O3/c1-17-7-5-9-20(13-17)29-12-11-28(15-19(29)3)16-21-23-22(31-25(21)30)14-26(4)10-6-8-18(2)27(26)24(23)32-27/h5,7,9,13,18-19,21-24H,6,8,10-12,14-16H2,1-4H3/t18-,19-,21-,22+,23-,24-,26-,27+/m0/s1. The Morgan fingerprint density at radius 1 is 1.22 bits per heavy atom. The number of nitrogens with zero attached hydrogens (tertiary/aromatic N) is 2. The van der Waals surface area contributed by atoms with Crippen LogP contribution in [0.3, 0.4) is 0 Å². The summed E-state index contributed by atoms with van der Waals surface area (Å²) >= 11 is 0. The van der Waals surface area contributed by atoms with Gasteiger partial charge < -0.3 is 14.4 Å². The van der Waals surface area contributed by atoms with Gasteiger partial charge in [0, 0.05) is 49.2 Å². The first-order chi connectivity index (χ1) is 15.3. The van der Waals surface area contributed by atoms with Crippen molar-refractivity contribution >= 4 is 11.7 Å². The second kappa shape index (κ2) is 7.20. The van der Waals surface area contributed by atoms with Gasteiger partial charge in [0.25, 0.3) is 0 Å². The van der Waals surface area contributed by atoms with Crippen LogP contribution in [0.15, 0.2) is 24.3 Å². The van der Waals surface area contributed by atoms with E-state index in [0.29, 0.717) is 12.0 Å². The predicted octanol–water partition coefficient (Wildman–Crippen LogP) is 4.03. The zero-order valence-electron chi connectivity index (χ0n) is 20.0. The smallest absolute Gasteiger partial charge is 0.311 e. The van der Waals surface area contributed by atoms with Crippen molar-refractivity contribution in [2.24, 2.45) is 23.2 Å². The van der Waals surface area contributed by atoms with Gasteiger partial charge in [-0.2, -0.15) is 0 Å². The monoisotopic (exact) mass is 438 g/mol. The van der Waals surface area contributed by atoms with Crippen LogP contribution in [0.5, 0.6) is 0 Å². The molecule has 32 heavy (non-hydrogen) atoms. The molecule has 0 bridgehead atoms. The maximum Gasteiger partial charge on any atom is 0.311 e. The highest BCUT2D eigenvalue weighted by Crippen LogP contribution is 2.70. The summed E-state index contributed by atoms with van der Waals surface area (Å²) in [4.78, 5) is 18.1. The van der Waals surface area contributed by atoms with Gasteiger partial charge in [-0.25, -0.2) is 0 Å². The van der Waals surface area contributed by atoms with Crippen LogP contribution in [0.2, 0.25) is 0 Å². The Morgan fingerprint density at radius 3 is 2.84 bits per heavy atom. The Labute approximate surface area is 192 Å². The molecule has 0 N–H and O–H groups in total. The number of aryl methyl sites for hydroxylation is 1. The Hall–Kier alpha value is -1.59. The van der Waals surface area contributed by atoms with Crippen molar-refractivity contribution in [2.75, 3.05) is 31.1 Å². The minimum Gasteiger partial charge on any atom is -0.462 e. The van der Waals surface area contributed by atoms with Crippen molar-refractivity contribution in [3.05, 3.63) is 29.8 Å². The first-order valence-electron chi connectivity index (χ1n) is 12.8. The van der Waals surface area contributed by atoms with Gasteiger partial charge in [-0.15, -0.1) is 0 Å². The fourth-order valence-electron chi connectivity index (χ4n) is 8.11. The van der Waals surface area contributed by atoms with Crippen molar-refractivity contribution in [1.29, 1.82) is 0 Å². The molecule has 5 heteroatoms. The molecule has 1 aromatic carbocycles. The van der Waals surface area contributed by atoms with E-state index in [2.05, 4.69) is 61.8 Å². The number of hydrogen-bond donors (Lipinski definition) is 0. The number of carbonyl (C=O) groups is 1. The molecule has 5 fully saturated rings. The number of ether oxygens (including phenoxy) is 2. The van der Waals surface area contributed by atoms with Gasteiger partial charge in [-0.05, 0) is 56.7 Å². The zero-order valence-corrected chi connectivity index (χ0v) is 20.0. The fraction of sp³-hybridized carbons (Fsp3) is 0.741. The summed E-state index contributed by atoms with van der Waals surface area (Å²) in [6.45, 7) is 13.0. The van der Waals surface area contributed by atoms with Crippen molar-refractivity contribution in [3.63, 3.8) is 0 Å². The molecular weight excluding hydrogens is 400 g/mol. The number of benzene rings is 1. The van der Waals surface area contributed by atoms with E-state index in [1.807, 2.05) is 0 Å². The number of piperazine rings is 1. The van der Waals surface area contributed by atoms with Crippen LogP contribution in [0.1, 0.15) is 52.0 Å². The van der Waals surface area contributed by atoms with Gasteiger partial charge in [0.1, 0.15) is 11.7 Å². The number of epoxide rings is 1. The molecule has 2 saturated carbocycles. The number of hydrogen-bond acceptors (Lipinski definition) is 5. The molecule has 8 atom stereocenters. The molecule has 1 aromatic rings. The Kier molecular flexibility index (Phi) is 4.72. The summed E-state index contributed by atoms with van der Waals surface area (Å²) in [6, 6.07) is 9.22. The minimum atomic E-state index is -0.0410. The summed E-state index contributed by atoms with van der Waals surface area (Å²) < 4.78 is 12.7. The van der Waals surface area contributed by atoms with Crippen LogP contribution in [-0.4, -0.2) is 60.9 Å². The average molecular weight is 439 g/mol. The number of carbonyl (C=O) groups excluding carboxylic acids is 1. The number of esters is 1. The van der Waals surface area contributed by atoms with Gasteiger partial charge in [-0.1, -0.05) is 32.4 Å². The molecular formula is C27H38N2O3. The number of fused-ring (bicyclic) bond motifs is 2. The summed E-state index contributed by atoms with van der Waals surface area (Å²) in [5.74, 6) is 0.803. The maximum atomic E-state index is 13.1. The second-order valence-electron chi connectivity index (χ2n) is 11.7. The zero-order chi connectivity index (χ0) is 22.3. The summed E-state index contributed by atoms with van der Waals surface area (Å²) in [7, 11) is 0. The van der Waals surface area contributed by atoms with E-state index in [1.54, 1.807) is 0 Å². The van der Waals surface area contributed by atoms with Crippen LogP contribution in [0, 0.1) is 30.1 Å². The molecule has 0 unspecified atom stereocenters. The molecule has 2 aliphatic carbocycles. The van der Waals surface area contributed by atoms with E-state index < -0.39 is 0 Å². The molecule has 3 heterocycles. The molecule has 0 aromatic heterocycles. The van der Waals surface area contributed by atoms with Gasteiger partial charge in [0.05, 0.1) is 12.0 Å². The number of rotatable bonds is 3. The molecule has 3 aliphatic heterocycles. The van der Waals surface area contributed by atoms with E-state index >= 15 is 0 Å². The lowest BCUT2D eigenvalue weighted by Gasteiger charge is -2.49. The van der Waals surface area contributed by atoms with E-state index in [0.717, 1.165) is 32.6 Å². The molecule has 6 rings (SSSR count). The van der Waals surface area contributed by atoms with Gasteiger partial charge in [0.15, 0.2) is 0 Å². The fourth-order valence-corrected chi connectivity index (χ4v) is 8.11. The second-order valence-corrected chi connectivity index (χ2v) is 11.7. The topological polar surface area (TPSA) is 45.3 Å². The third kappa shape index (κ3) is 2.93. The highest BCUT2D eigenvalue weighted by atomic mass is 16.6. The normalized spacial score (nSPS) is 45.6. The Balaban J connectivity index is 1.16. The molecule has 3 saturated heterocycles. The SMILES string of the molecule is Cc1cccc(N2CCN(C[C@@H]3C(=O)O[C@@H]4C[C@]5(C)CCC[C@H](C)[C@]56O[C@H]6[C@@H]34)C[C@@H]2C)c1. The van der Waals surface area contributed by atoms with Crippen molar-refractivity contribution < 1.29 is 14.3 Å². The predicted molar refractivity (Wildman–Crippen MR) is 125 cm³/mol. The summed E-state index contributed by atoms with van der Waals surface area (Å²) in [5, 5.41) is 0. The summed E-state index contributed by atoms with van der Waals surface area (Å²) in [5.41, 5.74) is 2.77. The van der Waals surface area contributed by atoms with Crippen LogP contribution < -0.4 is 4.90 Å². The first kappa shape index (κ1) is 21.0.